The van der Waals surface area contributed by atoms with Crippen LogP contribution in [-0.4, -0.2) is 24.8 Å². The summed E-state index contributed by atoms with van der Waals surface area (Å²) in [6, 6.07) is 5.73. The molecule has 15 heavy (non-hydrogen) atoms. The van der Waals surface area contributed by atoms with Crippen LogP contribution in [0.5, 0.6) is 0 Å². The Morgan fingerprint density at radius 3 is 3.00 bits per heavy atom. The molecule has 0 aliphatic carbocycles. The summed E-state index contributed by atoms with van der Waals surface area (Å²) < 4.78 is 1.84. The summed E-state index contributed by atoms with van der Waals surface area (Å²) in [6.07, 6.45) is 3.55. The Labute approximate surface area is 85.8 Å². The number of hydrogen-bond acceptors (Lipinski definition) is 3. The Balaban J connectivity index is 2.28. The van der Waals surface area contributed by atoms with Crippen molar-refractivity contribution in [2.75, 3.05) is 0 Å². The molecule has 0 unspecified atom stereocenters. The molecule has 0 aliphatic heterocycles. The summed E-state index contributed by atoms with van der Waals surface area (Å²) in [5.74, 6) is 0. The molecule has 0 bridgehead atoms. The number of pyridine rings is 1. The van der Waals surface area contributed by atoms with Gasteiger partial charge in [0.05, 0.1) is 17.6 Å². The molecule has 74 valence electrons. The smallest absolute Gasteiger partial charge is 0.183 e. The largest absolute Gasteiger partial charge is 0.254 e. The number of imidazole rings is 1. The summed E-state index contributed by atoms with van der Waals surface area (Å²) in [6.45, 7) is 1.97. The average Bonchev–Trinajstić information content (AvgIpc) is 2.83. The fraction of sp³-hybridized carbons (Fsp3) is 0.100. The lowest BCUT2D eigenvalue weighted by Gasteiger charge is -1.91. The predicted molar refractivity (Wildman–Crippen MR) is 55.3 cm³/mol. The van der Waals surface area contributed by atoms with Gasteiger partial charge in [-0.1, -0.05) is 6.07 Å². The normalized spacial score (nSPS) is 11.0. The molecule has 3 aromatic heterocycles. The van der Waals surface area contributed by atoms with Gasteiger partial charge in [-0.15, -0.1) is 0 Å². The molecular weight excluding hydrogens is 190 g/mol. The Kier molecular flexibility index (Phi) is 1.58. The summed E-state index contributed by atoms with van der Waals surface area (Å²) in [5.41, 5.74) is 3.45. The lowest BCUT2D eigenvalue weighted by Crippen LogP contribution is -1.85. The Morgan fingerprint density at radius 1 is 1.27 bits per heavy atom. The number of H-pyrrole nitrogens is 1. The standard InChI is InChI=1S/C10H9N5/c1-7-6-12-10-9(13-14-15(7)10)8-4-2-3-5-11-8/h2-6,14H,1H3. The van der Waals surface area contributed by atoms with Gasteiger partial charge in [-0.05, 0) is 19.1 Å². The van der Waals surface area contributed by atoms with Gasteiger partial charge in [0, 0.05) is 6.20 Å². The molecular formula is C10H9N5. The summed E-state index contributed by atoms with van der Waals surface area (Å²) in [4.78, 5) is 8.53. The number of rotatable bonds is 1. The molecule has 0 saturated carbocycles. The van der Waals surface area contributed by atoms with E-state index in [-0.39, 0.29) is 0 Å². The highest BCUT2D eigenvalue weighted by atomic mass is 15.4. The number of hydrogen-bond donors (Lipinski definition) is 1. The lowest BCUT2D eigenvalue weighted by atomic mass is 10.3. The number of nitrogens with one attached hydrogen (secondary N) is 1. The summed E-state index contributed by atoms with van der Waals surface area (Å²) in [7, 11) is 0. The van der Waals surface area contributed by atoms with Gasteiger partial charge in [-0.2, -0.15) is 5.10 Å². The number of nitrogens with zero attached hydrogens (tertiary/aromatic N) is 4. The topological polar surface area (TPSA) is 58.9 Å². The van der Waals surface area contributed by atoms with Crippen molar-refractivity contribution in [2.24, 2.45) is 0 Å². The molecule has 5 nitrogen and oxygen atoms in total. The fourth-order valence-electron chi connectivity index (χ4n) is 1.56. The van der Waals surface area contributed by atoms with E-state index in [1.54, 1.807) is 12.4 Å². The third kappa shape index (κ3) is 1.13. The van der Waals surface area contributed by atoms with Crippen molar-refractivity contribution in [3.8, 4) is 11.4 Å². The lowest BCUT2D eigenvalue weighted by molar-refractivity contribution is 0.837. The zero-order valence-electron chi connectivity index (χ0n) is 8.18. The monoisotopic (exact) mass is 199 g/mol. The Bertz CT molecular complexity index is 593. The van der Waals surface area contributed by atoms with Crippen LogP contribution in [0.1, 0.15) is 5.69 Å². The average molecular weight is 199 g/mol. The van der Waals surface area contributed by atoms with Gasteiger partial charge in [-0.25, -0.2) is 14.7 Å². The van der Waals surface area contributed by atoms with Crippen LogP contribution in [0.4, 0.5) is 0 Å². The van der Waals surface area contributed by atoms with E-state index in [1.807, 2.05) is 29.6 Å². The van der Waals surface area contributed by atoms with Crippen molar-refractivity contribution >= 4 is 5.65 Å². The molecule has 1 N–H and O–H groups in total. The number of fused-ring (bicyclic) bond motifs is 1. The van der Waals surface area contributed by atoms with E-state index >= 15 is 0 Å². The van der Waals surface area contributed by atoms with Gasteiger partial charge in [-0.3, -0.25) is 4.98 Å². The quantitative estimate of drug-likeness (QED) is 0.645. The molecule has 3 heterocycles. The molecule has 0 radical (unpaired) electrons. The van der Waals surface area contributed by atoms with E-state index in [0.717, 1.165) is 22.7 Å². The van der Waals surface area contributed by atoms with Gasteiger partial charge < -0.3 is 0 Å². The van der Waals surface area contributed by atoms with E-state index in [2.05, 4.69) is 20.3 Å². The van der Waals surface area contributed by atoms with Crippen LogP contribution in [0.2, 0.25) is 0 Å². The van der Waals surface area contributed by atoms with Crippen LogP contribution >= 0.6 is 0 Å². The SMILES string of the molecule is Cc1cnc2c(-c3ccccn3)n[nH]n12. The first-order valence-corrected chi connectivity index (χ1v) is 4.66. The fourth-order valence-corrected chi connectivity index (χ4v) is 1.56. The second kappa shape index (κ2) is 2.91. The van der Waals surface area contributed by atoms with Crippen molar-refractivity contribution < 1.29 is 0 Å². The van der Waals surface area contributed by atoms with Crippen molar-refractivity contribution in [1.29, 1.82) is 0 Å². The Hall–Kier alpha value is -2.17. The minimum atomic E-state index is 0.781. The van der Waals surface area contributed by atoms with Crippen LogP contribution in [-0.2, 0) is 0 Å². The highest BCUT2D eigenvalue weighted by molar-refractivity contribution is 5.70. The highest BCUT2D eigenvalue weighted by Gasteiger charge is 2.11. The van der Waals surface area contributed by atoms with Crippen LogP contribution < -0.4 is 0 Å². The number of aromatic nitrogens is 5. The molecule has 3 aromatic rings. The van der Waals surface area contributed by atoms with E-state index in [4.69, 9.17) is 0 Å². The number of aromatic amines is 1. The molecule has 0 spiro atoms. The zero-order valence-corrected chi connectivity index (χ0v) is 8.18. The summed E-state index contributed by atoms with van der Waals surface area (Å²) in [5, 5.41) is 7.10. The summed E-state index contributed by atoms with van der Waals surface area (Å²) >= 11 is 0. The van der Waals surface area contributed by atoms with Gasteiger partial charge in [0.25, 0.3) is 0 Å². The van der Waals surface area contributed by atoms with Crippen LogP contribution in [0.25, 0.3) is 17.0 Å². The molecule has 3 rings (SSSR count). The third-order valence-electron chi connectivity index (χ3n) is 2.32. The first kappa shape index (κ1) is 8.16. The van der Waals surface area contributed by atoms with Crippen molar-refractivity contribution in [1.82, 2.24) is 24.8 Å². The minimum Gasteiger partial charge on any atom is -0.254 e. The molecule has 0 atom stereocenters. The maximum absolute atomic E-state index is 4.28. The Morgan fingerprint density at radius 2 is 2.20 bits per heavy atom. The maximum atomic E-state index is 4.28. The van der Waals surface area contributed by atoms with Crippen molar-refractivity contribution in [3.05, 3.63) is 36.3 Å². The van der Waals surface area contributed by atoms with E-state index < -0.39 is 0 Å². The molecule has 5 heteroatoms. The van der Waals surface area contributed by atoms with Crippen LogP contribution in [0, 0.1) is 6.92 Å². The second-order valence-electron chi connectivity index (χ2n) is 3.33. The molecule has 0 fully saturated rings. The van der Waals surface area contributed by atoms with E-state index in [9.17, 15) is 0 Å². The van der Waals surface area contributed by atoms with E-state index in [1.165, 1.54) is 0 Å². The molecule has 0 saturated heterocycles. The predicted octanol–water partition coefficient (Wildman–Crippen LogP) is 1.43. The number of aryl methyl sites for hydroxylation is 1. The second-order valence-corrected chi connectivity index (χ2v) is 3.33. The molecule has 0 amide bonds. The maximum Gasteiger partial charge on any atom is 0.183 e. The van der Waals surface area contributed by atoms with Crippen molar-refractivity contribution in [2.45, 2.75) is 6.92 Å². The minimum absolute atomic E-state index is 0.781. The first-order valence-electron chi connectivity index (χ1n) is 4.66. The van der Waals surface area contributed by atoms with Crippen molar-refractivity contribution in [3.63, 3.8) is 0 Å². The first-order chi connectivity index (χ1) is 7.36. The molecule has 0 aromatic carbocycles. The zero-order chi connectivity index (χ0) is 10.3. The van der Waals surface area contributed by atoms with Crippen LogP contribution in [0.3, 0.4) is 0 Å². The highest BCUT2D eigenvalue weighted by Crippen LogP contribution is 2.18. The van der Waals surface area contributed by atoms with Gasteiger partial charge in [0.15, 0.2) is 11.3 Å². The van der Waals surface area contributed by atoms with Gasteiger partial charge in [0.1, 0.15) is 0 Å². The van der Waals surface area contributed by atoms with Gasteiger partial charge >= 0.3 is 0 Å². The third-order valence-corrected chi connectivity index (χ3v) is 2.32. The van der Waals surface area contributed by atoms with Crippen LogP contribution in [0.15, 0.2) is 30.6 Å². The van der Waals surface area contributed by atoms with Gasteiger partial charge in [0.2, 0.25) is 0 Å². The molecule has 0 aliphatic rings. The van der Waals surface area contributed by atoms with E-state index in [0.29, 0.717) is 0 Å².